The minimum Gasteiger partial charge on any atom is -0.481 e. The van der Waals surface area contributed by atoms with E-state index in [9.17, 15) is 33.6 Å². The predicted octanol–water partition coefficient (Wildman–Crippen LogP) is 2.61. The molecule has 0 saturated carbocycles. The molecule has 1 aromatic heterocycles. The van der Waals surface area contributed by atoms with Gasteiger partial charge in [-0.15, -0.1) is 0 Å². The van der Waals surface area contributed by atoms with E-state index >= 15 is 0 Å². The number of carboxylic acids is 3. The summed E-state index contributed by atoms with van der Waals surface area (Å²) < 4.78 is 10.8. The van der Waals surface area contributed by atoms with E-state index in [1.165, 1.54) is 31.3 Å². The Balaban J connectivity index is 0.00000122. The van der Waals surface area contributed by atoms with Crippen molar-refractivity contribution >= 4 is 42.4 Å². The van der Waals surface area contributed by atoms with Gasteiger partial charge in [0.05, 0.1) is 30.6 Å². The van der Waals surface area contributed by atoms with E-state index in [1.54, 1.807) is 6.07 Å². The zero-order chi connectivity index (χ0) is 39.9. The van der Waals surface area contributed by atoms with Gasteiger partial charge in [0.2, 0.25) is 18.2 Å². The van der Waals surface area contributed by atoms with E-state index in [-0.39, 0.29) is 41.3 Å². The van der Waals surface area contributed by atoms with Crippen molar-refractivity contribution in [1.29, 1.82) is 0 Å². The minimum atomic E-state index is -1.20. The van der Waals surface area contributed by atoms with Crippen LogP contribution in [0.1, 0.15) is 80.2 Å². The number of nitrogens with zero attached hydrogens (tertiary/aromatic N) is 1. The van der Waals surface area contributed by atoms with Gasteiger partial charge in [-0.1, -0.05) is 39.2 Å². The number of amides is 3. The summed E-state index contributed by atoms with van der Waals surface area (Å²) in [5.41, 5.74) is 0.617. The summed E-state index contributed by atoms with van der Waals surface area (Å²) in [5.74, 6) is -4.52. The molecule has 0 bridgehead atoms. The van der Waals surface area contributed by atoms with Gasteiger partial charge in [-0.3, -0.25) is 28.8 Å². The van der Waals surface area contributed by atoms with Crippen molar-refractivity contribution in [2.24, 2.45) is 5.92 Å². The first-order chi connectivity index (χ1) is 25.3. The Labute approximate surface area is 306 Å². The number of hydrogen-bond donors (Lipinski definition) is 7. The zero-order valence-electron chi connectivity index (χ0n) is 30.2. The Morgan fingerprint density at radius 3 is 2.21 bits per heavy atom. The summed E-state index contributed by atoms with van der Waals surface area (Å²) in [7, 11) is 1.40. The fraction of sp³-hybridized carbons (Fsp3) is 0.457. The van der Waals surface area contributed by atoms with Crippen LogP contribution in [0.25, 0.3) is 11.3 Å². The molecule has 1 aromatic carbocycles. The topological polar surface area (TPSA) is 263 Å². The van der Waals surface area contributed by atoms with Gasteiger partial charge in [-0.05, 0) is 57.7 Å². The number of ether oxygens (including phenoxy) is 1. The van der Waals surface area contributed by atoms with E-state index in [2.05, 4.69) is 34.8 Å². The van der Waals surface area contributed by atoms with Crippen LogP contribution in [0.15, 0.2) is 47.2 Å². The smallest absolute Gasteiger partial charge is 0.341 e. The van der Waals surface area contributed by atoms with Crippen molar-refractivity contribution in [3.05, 3.63) is 54.1 Å². The number of carboxylic acid groups (broad SMARTS) is 3. The Kier molecular flexibility index (Phi) is 20.7. The first-order valence-electron chi connectivity index (χ1n) is 16.8. The third kappa shape index (κ3) is 15.9. The van der Waals surface area contributed by atoms with Crippen LogP contribution in [0.3, 0.4) is 0 Å². The maximum absolute atomic E-state index is 13.3. The number of carbonyl (C=O) groups is 7. The Hall–Kier alpha value is -5.91. The molecular weight excluding hydrogens is 698 g/mol. The monoisotopic (exact) mass is 747 g/mol. The number of rotatable bonds is 25. The number of hydrogen-bond acceptors (Lipinski definition) is 12. The molecular formula is C35H49N5O13. The van der Waals surface area contributed by atoms with Gasteiger partial charge in [0, 0.05) is 12.1 Å². The molecule has 3 unspecified atom stereocenters. The van der Waals surface area contributed by atoms with Gasteiger partial charge in [0.25, 0.3) is 5.91 Å². The van der Waals surface area contributed by atoms with Crippen LogP contribution in [-0.2, 0) is 28.8 Å². The van der Waals surface area contributed by atoms with Gasteiger partial charge in [0.15, 0.2) is 18.7 Å². The largest absolute Gasteiger partial charge is 0.481 e. The molecule has 0 aliphatic carbocycles. The molecule has 7 N–H and O–H groups in total. The van der Waals surface area contributed by atoms with Crippen LogP contribution in [0.5, 0.6) is 5.75 Å². The van der Waals surface area contributed by atoms with E-state index in [4.69, 9.17) is 29.3 Å². The molecule has 1 heterocycles. The predicted molar refractivity (Wildman–Crippen MR) is 189 cm³/mol. The molecule has 0 saturated heterocycles. The van der Waals surface area contributed by atoms with Crippen molar-refractivity contribution in [2.75, 3.05) is 26.9 Å². The number of nitrogens with one attached hydrogen (secondary N) is 4. The van der Waals surface area contributed by atoms with E-state index in [1.807, 2.05) is 13.8 Å². The summed E-state index contributed by atoms with van der Waals surface area (Å²) in [6, 6.07) is 5.88. The number of aldehydes is 1. The van der Waals surface area contributed by atoms with E-state index in [0.717, 1.165) is 24.3 Å². The fourth-order valence-corrected chi connectivity index (χ4v) is 4.86. The summed E-state index contributed by atoms with van der Waals surface area (Å²) in [5, 5.41) is 37.0. The first-order valence-corrected chi connectivity index (χ1v) is 16.8. The quantitative estimate of drug-likeness (QED) is 0.0253. The third-order valence-electron chi connectivity index (χ3n) is 7.50. The average molecular weight is 748 g/mol. The lowest BCUT2D eigenvalue weighted by atomic mass is 9.90. The third-order valence-corrected chi connectivity index (χ3v) is 7.50. The highest BCUT2D eigenvalue weighted by atomic mass is 16.7. The van der Waals surface area contributed by atoms with Crippen LogP contribution in [0.2, 0.25) is 0 Å². The minimum absolute atomic E-state index is 0.0369. The van der Waals surface area contributed by atoms with Gasteiger partial charge in [-0.2, -0.15) is 5.06 Å². The van der Waals surface area contributed by atoms with Crippen molar-refractivity contribution < 1.29 is 62.9 Å². The molecule has 53 heavy (non-hydrogen) atoms. The lowest BCUT2D eigenvalue weighted by Gasteiger charge is -2.32. The van der Waals surface area contributed by atoms with Gasteiger partial charge in [0.1, 0.15) is 17.6 Å². The number of furan rings is 1. The highest BCUT2D eigenvalue weighted by Gasteiger charge is 2.33. The molecule has 0 radical (unpaired) electrons. The normalized spacial score (nSPS) is 12.0. The van der Waals surface area contributed by atoms with Crippen LogP contribution < -0.4 is 26.0 Å². The second kappa shape index (κ2) is 24.3. The first kappa shape index (κ1) is 45.1. The van der Waals surface area contributed by atoms with Crippen molar-refractivity contribution in [2.45, 2.75) is 71.4 Å². The SMILES string of the molecule is C=C(NCC)ON(C=O)C(CC)C(CCCCC)C(=O)NCNC(=O)c1ccc(-c2ccc(C=O)c(OCC(=O)O)c2)o1.CNC(CC(=O)O)C(=O)O. The molecule has 0 aliphatic heterocycles. The molecule has 18 nitrogen and oxygen atoms in total. The average Bonchev–Trinajstić information content (AvgIpc) is 3.63. The van der Waals surface area contributed by atoms with Crippen LogP contribution in [0.4, 0.5) is 0 Å². The number of likely N-dealkylation sites (N-methyl/N-ethyl adjacent to an activating group) is 1. The number of benzene rings is 1. The van der Waals surface area contributed by atoms with E-state index in [0.29, 0.717) is 37.6 Å². The summed E-state index contributed by atoms with van der Waals surface area (Å²) in [4.78, 5) is 85.7. The second-order valence-corrected chi connectivity index (χ2v) is 11.3. The summed E-state index contributed by atoms with van der Waals surface area (Å²) >= 11 is 0. The summed E-state index contributed by atoms with van der Waals surface area (Å²) in [6.07, 6.45) is 4.26. The molecule has 0 fully saturated rings. The molecule has 0 spiro atoms. The van der Waals surface area contributed by atoms with Crippen LogP contribution in [0, 0.1) is 5.92 Å². The molecule has 292 valence electrons. The second-order valence-electron chi connectivity index (χ2n) is 11.3. The maximum atomic E-state index is 13.3. The number of unbranched alkanes of at least 4 members (excludes halogenated alkanes) is 2. The Morgan fingerprint density at radius 1 is 0.962 bits per heavy atom. The van der Waals surface area contributed by atoms with Crippen molar-refractivity contribution in [3.8, 4) is 17.1 Å². The lowest BCUT2D eigenvalue weighted by molar-refractivity contribution is -0.179. The number of carbonyl (C=O) groups excluding carboxylic acids is 4. The molecule has 2 rings (SSSR count). The molecule has 0 aliphatic rings. The fourth-order valence-electron chi connectivity index (χ4n) is 4.86. The standard InChI is InChI=1S/C30H40N4O9.C5H9NO4/c1-5-8-9-10-23(24(6-2)34(19-36)43-20(4)31-7-3)29(39)32-18-33-30(40)26-14-13-25(42-26)21-11-12-22(16-35)27(15-21)41-17-28(37)38;1-6-3(5(9)10)2-4(7)8/h11-16,19,23-24,31H,4-10,17-18H2,1-3H3,(H,32,39)(H,33,40)(H,37,38);3,6H,2H2,1H3,(H,7,8)(H,9,10). The maximum Gasteiger partial charge on any atom is 0.341 e. The Morgan fingerprint density at radius 2 is 1.68 bits per heavy atom. The van der Waals surface area contributed by atoms with Crippen LogP contribution in [-0.4, -0.2) is 102 Å². The number of hydroxylamine groups is 2. The molecule has 3 amide bonds. The lowest BCUT2D eigenvalue weighted by Crippen LogP contribution is -2.48. The van der Waals surface area contributed by atoms with Crippen LogP contribution >= 0.6 is 0 Å². The molecule has 2 aromatic rings. The van der Waals surface area contributed by atoms with E-state index < -0.39 is 54.8 Å². The van der Waals surface area contributed by atoms with Gasteiger partial charge in [-0.25, -0.2) is 4.79 Å². The van der Waals surface area contributed by atoms with Crippen molar-refractivity contribution in [1.82, 2.24) is 26.3 Å². The molecule has 3 atom stereocenters. The highest BCUT2D eigenvalue weighted by molar-refractivity contribution is 5.92. The number of aliphatic carboxylic acids is 3. The Bertz CT molecular complexity index is 1540. The molecule has 18 heteroatoms. The summed E-state index contributed by atoms with van der Waals surface area (Å²) in [6.45, 7) is 9.23. The van der Waals surface area contributed by atoms with Gasteiger partial charge >= 0.3 is 17.9 Å². The van der Waals surface area contributed by atoms with Crippen molar-refractivity contribution in [3.63, 3.8) is 0 Å². The zero-order valence-corrected chi connectivity index (χ0v) is 30.2. The van der Waals surface area contributed by atoms with Gasteiger partial charge < -0.3 is 50.6 Å². The highest BCUT2D eigenvalue weighted by Crippen LogP contribution is 2.28.